The molecular formula is C8H9F6N5. The van der Waals surface area contributed by atoms with E-state index in [-0.39, 0.29) is 5.82 Å². The van der Waals surface area contributed by atoms with E-state index >= 15 is 0 Å². The third-order valence-corrected chi connectivity index (χ3v) is 1.84. The molecular weight excluding hydrogens is 280 g/mol. The normalized spacial score (nSPS) is 12.4. The van der Waals surface area contributed by atoms with Crippen LogP contribution in [-0.2, 0) is 6.18 Å². The van der Waals surface area contributed by atoms with E-state index in [2.05, 4.69) is 15.3 Å². The van der Waals surface area contributed by atoms with Crippen molar-refractivity contribution >= 4 is 11.6 Å². The number of nitrogen functional groups attached to an aromatic ring is 1. The molecule has 1 aromatic heterocycles. The number of hydrogen-bond donors (Lipinski definition) is 3. The molecule has 4 N–H and O–H groups in total. The van der Waals surface area contributed by atoms with E-state index in [1.54, 1.807) is 0 Å². The highest BCUT2D eigenvalue weighted by Gasteiger charge is 2.35. The molecule has 0 fully saturated rings. The largest absolute Gasteiger partial charge is 0.451 e. The molecule has 11 heteroatoms. The van der Waals surface area contributed by atoms with Crippen molar-refractivity contribution in [3.05, 3.63) is 11.9 Å². The maximum absolute atomic E-state index is 12.4. The summed E-state index contributed by atoms with van der Waals surface area (Å²) in [5.41, 5.74) is 1.87. The first-order valence-electron chi connectivity index (χ1n) is 4.85. The Hall–Kier alpha value is -1.78. The first kappa shape index (κ1) is 15.3. The minimum absolute atomic E-state index is 0.364. The molecule has 1 rings (SSSR count). The summed E-state index contributed by atoms with van der Waals surface area (Å²) in [6, 6.07) is 0.964. The number of rotatable bonds is 4. The van der Waals surface area contributed by atoms with Gasteiger partial charge in [-0.2, -0.15) is 26.3 Å². The van der Waals surface area contributed by atoms with Gasteiger partial charge in [0.05, 0.1) is 6.42 Å². The molecule has 0 spiro atoms. The van der Waals surface area contributed by atoms with E-state index in [0.717, 1.165) is 6.07 Å². The quantitative estimate of drug-likeness (QED) is 0.450. The van der Waals surface area contributed by atoms with Crippen LogP contribution in [0.4, 0.5) is 38.0 Å². The second-order valence-electron chi connectivity index (χ2n) is 3.40. The summed E-state index contributed by atoms with van der Waals surface area (Å²) in [6.45, 7) is -0.609. The molecule has 0 aliphatic carbocycles. The summed E-state index contributed by atoms with van der Waals surface area (Å²) in [4.78, 5) is 6.11. The van der Waals surface area contributed by atoms with Gasteiger partial charge in [0.15, 0.2) is 0 Å². The number of nitrogens with one attached hydrogen (secondary N) is 2. The molecule has 0 saturated heterocycles. The van der Waals surface area contributed by atoms with Crippen molar-refractivity contribution in [2.45, 2.75) is 18.8 Å². The molecule has 0 bridgehead atoms. The van der Waals surface area contributed by atoms with Gasteiger partial charge in [0.25, 0.3) is 0 Å². The van der Waals surface area contributed by atoms with E-state index in [9.17, 15) is 26.3 Å². The van der Waals surface area contributed by atoms with Gasteiger partial charge in [-0.25, -0.2) is 15.8 Å². The van der Waals surface area contributed by atoms with Gasteiger partial charge in [-0.1, -0.05) is 0 Å². The number of nitrogens with two attached hydrogens (primary N) is 1. The van der Waals surface area contributed by atoms with Gasteiger partial charge in [-0.05, 0) is 0 Å². The highest BCUT2D eigenvalue weighted by molar-refractivity contribution is 5.47. The first-order chi connectivity index (χ1) is 8.62. The summed E-state index contributed by atoms with van der Waals surface area (Å²) in [6.07, 6.45) is -10.4. The Morgan fingerprint density at radius 1 is 1.05 bits per heavy atom. The molecule has 108 valence electrons. The fraction of sp³-hybridized carbons (Fsp3) is 0.500. The minimum atomic E-state index is -4.83. The lowest BCUT2D eigenvalue weighted by Crippen LogP contribution is -2.19. The lowest BCUT2D eigenvalue weighted by atomic mass is 10.4. The van der Waals surface area contributed by atoms with E-state index in [1.807, 2.05) is 5.43 Å². The second kappa shape index (κ2) is 5.47. The van der Waals surface area contributed by atoms with Crippen molar-refractivity contribution in [2.75, 3.05) is 17.3 Å². The van der Waals surface area contributed by atoms with Crippen LogP contribution >= 0.6 is 0 Å². The van der Waals surface area contributed by atoms with Crippen molar-refractivity contribution in [3.63, 3.8) is 0 Å². The third kappa shape index (κ3) is 5.16. The topological polar surface area (TPSA) is 75.9 Å². The first-order valence-corrected chi connectivity index (χ1v) is 4.85. The zero-order chi connectivity index (χ0) is 14.7. The number of hydrogen-bond acceptors (Lipinski definition) is 5. The number of nitrogens with zero attached hydrogens (tertiary/aromatic N) is 2. The average Bonchev–Trinajstić information content (AvgIpc) is 2.25. The van der Waals surface area contributed by atoms with E-state index < -0.39 is 37.0 Å². The zero-order valence-corrected chi connectivity index (χ0v) is 9.23. The van der Waals surface area contributed by atoms with E-state index in [0.29, 0.717) is 0 Å². The predicted octanol–water partition coefficient (Wildman–Crippen LogP) is 2.15. The van der Waals surface area contributed by atoms with Gasteiger partial charge >= 0.3 is 12.4 Å². The van der Waals surface area contributed by atoms with Crippen LogP contribution < -0.4 is 16.6 Å². The Labute approximate surface area is 103 Å². The van der Waals surface area contributed by atoms with Crippen LogP contribution in [-0.4, -0.2) is 22.7 Å². The Morgan fingerprint density at radius 2 is 1.63 bits per heavy atom. The minimum Gasteiger partial charge on any atom is -0.370 e. The zero-order valence-electron chi connectivity index (χ0n) is 9.23. The molecule has 0 aromatic carbocycles. The van der Waals surface area contributed by atoms with Gasteiger partial charge in [-0.15, -0.1) is 0 Å². The monoisotopic (exact) mass is 289 g/mol. The molecule has 0 amide bonds. The Bertz CT molecular complexity index is 429. The molecule has 1 aromatic rings. The number of anilines is 2. The molecule has 0 saturated carbocycles. The van der Waals surface area contributed by atoms with Gasteiger partial charge in [-0.3, -0.25) is 0 Å². The Kier molecular flexibility index (Phi) is 4.39. The lowest BCUT2D eigenvalue weighted by molar-refractivity contribution is -0.144. The van der Waals surface area contributed by atoms with Crippen LogP contribution in [0.25, 0.3) is 0 Å². The van der Waals surface area contributed by atoms with Crippen LogP contribution in [0.5, 0.6) is 0 Å². The lowest BCUT2D eigenvalue weighted by Gasteiger charge is -2.12. The second-order valence-corrected chi connectivity index (χ2v) is 3.40. The molecule has 19 heavy (non-hydrogen) atoms. The average molecular weight is 289 g/mol. The third-order valence-electron chi connectivity index (χ3n) is 1.84. The maximum Gasteiger partial charge on any atom is 0.451 e. The summed E-state index contributed by atoms with van der Waals surface area (Å²) in [7, 11) is 0. The summed E-state index contributed by atoms with van der Waals surface area (Å²) < 4.78 is 72.8. The van der Waals surface area contributed by atoms with Crippen LogP contribution in [0.1, 0.15) is 12.2 Å². The van der Waals surface area contributed by atoms with Gasteiger partial charge in [0.1, 0.15) is 11.6 Å². The standard InChI is InChI=1S/C8H9F6N5/c9-7(10,11)1-2-16-4-3-5(19-15)18-6(17-4)8(12,13)14/h3H,1-2,15H2,(H2,16,17,18,19). The number of halogens is 6. The summed E-state index contributed by atoms with van der Waals surface area (Å²) in [5, 5.41) is 2.12. The summed E-state index contributed by atoms with van der Waals surface area (Å²) in [5.74, 6) is 2.64. The van der Waals surface area contributed by atoms with Gasteiger partial charge < -0.3 is 10.7 Å². The fourth-order valence-corrected chi connectivity index (χ4v) is 1.07. The van der Waals surface area contributed by atoms with Crippen molar-refractivity contribution in [2.24, 2.45) is 5.84 Å². The number of aromatic nitrogens is 2. The van der Waals surface area contributed by atoms with Crippen molar-refractivity contribution in [1.82, 2.24) is 9.97 Å². The number of alkyl halides is 6. The molecule has 0 radical (unpaired) electrons. The van der Waals surface area contributed by atoms with Crippen LogP contribution in [0.2, 0.25) is 0 Å². The molecule has 5 nitrogen and oxygen atoms in total. The summed E-state index contributed by atoms with van der Waals surface area (Å²) >= 11 is 0. The Morgan fingerprint density at radius 3 is 2.11 bits per heavy atom. The van der Waals surface area contributed by atoms with E-state index in [1.165, 1.54) is 0 Å². The highest BCUT2D eigenvalue weighted by Crippen LogP contribution is 2.28. The van der Waals surface area contributed by atoms with Crippen molar-refractivity contribution < 1.29 is 26.3 Å². The molecule has 1 heterocycles. The van der Waals surface area contributed by atoms with E-state index in [4.69, 9.17) is 5.84 Å². The van der Waals surface area contributed by atoms with Crippen LogP contribution in [0.3, 0.4) is 0 Å². The number of hydrazine groups is 1. The highest BCUT2D eigenvalue weighted by atomic mass is 19.4. The fourth-order valence-electron chi connectivity index (χ4n) is 1.07. The Balaban J connectivity index is 2.83. The van der Waals surface area contributed by atoms with Crippen molar-refractivity contribution in [1.29, 1.82) is 0 Å². The smallest absolute Gasteiger partial charge is 0.370 e. The SMILES string of the molecule is NNc1cc(NCCC(F)(F)F)nc(C(F)(F)F)n1. The molecule has 0 aliphatic rings. The molecule has 0 atom stereocenters. The van der Waals surface area contributed by atoms with Crippen molar-refractivity contribution in [3.8, 4) is 0 Å². The van der Waals surface area contributed by atoms with Gasteiger partial charge in [0, 0.05) is 12.6 Å². The molecule has 0 aliphatic heterocycles. The van der Waals surface area contributed by atoms with Gasteiger partial charge in [0.2, 0.25) is 5.82 Å². The van der Waals surface area contributed by atoms with Crippen LogP contribution in [0.15, 0.2) is 6.07 Å². The maximum atomic E-state index is 12.4. The predicted molar refractivity (Wildman–Crippen MR) is 54.0 cm³/mol. The molecule has 0 unspecified atom stereocenters. The van der Waals surface area contributed by atoms with Crippen LogP contribution in [0, 0.1) is 0 Å².